The molecule has 0 amide bonds. The van der Waals surface area contributed by atoms with Gasteiger partial charge in [-0.05, 0) is 18.2 Å². The SMILES string of the molecule is NS(=O)(=O)c1ccc2ocnc2c1. The zero-order chi connectivity index (χ0) is 9.47. The molecule has 0 spiro atoms. The van der Waals surface area contributed by atoms with Crippen LogP contribution in [0.3, 0.4) is 0 Å². The third kappa shape index (κ3) is 1.41. The van der Waals surface area contributed by atoms with E-state index < -0.39 is 10.0 Å². The molecule has 2 aromatic rings. The van der Waals surface area contributed by atoms with Crippen molar-refractivity contribution in [2.75, 3.05) is 0 Å². The average molecular weight is 198 g/mol. The van der Waals surface area contributed by atoms with Gasteiger partial charge in [0.25, 0.3) is 0 Å². The van der Waals surface area contributed by atoms with Gasteiger partial charge in [-0.3, -0.25) is 0 Å². The average Bonchev–Trinajstić information content (AvgIpc) is 2.47. The van der Waals surface area contributed by atoms with Crippen LogP contribution in [0.4, 0.5) is 0 Å². The Kier molecular flexibility index (Phi) is 1.61. The molecule has 2 N–H and O–H groups in total. The molecule has 1 aromatic heterocycles. The number of primary sulfonamides is 1. The number of aromatic nitrogens is 1. The van der Waals surface area contributed by atoms with Crippen molar-refractivity contribution in [2.45, 2.75) is 4.90 Å². The van der Waals surface area contributed by atoms with Crippen LogP contribution < -0.4 is 5.14 Å². The normalized spacial score (nSPS) is 12.1. The van der Waals surface area contributed by atoms with E-state index in [1.165, 1.54) is 24.6 Å². The second-order valence-electron chi connectivity index (χ2n) is 2.53. The van der Waals surface area contributed by atoms with E-state index in [9.17, 15) is 8.42 Å². The number of benzene rings is 1. The van der Waals surface area contributed by atoms with Crippen LogP contribution in [-0.2, 0) is 10.0 Å². The summed E-state index contributed by atoms with van der Waals surface area (Å²) in [6.07, 6.45) is 1.25. The van der Waals surface area contributed by atoms with E-state index in [-0.39, 0.29) is 4.90 Å². The van der Waals surface area contributed by atoms with E-state index in [4.69, 9.17) is 9.56 Å². The zero-order valence-electron chi connectivity index (χ0n) is 6.47. The second-order valence-corrected chi connectivity index (χ2v) is 4.09. The van der Waals surface area contributed by atoms with Gasteiger partial charge in [-0.15, -0.1) is 0 Å². The molecule has 0 saturated heterocycles. The first-order valence-corrected chi connectivity index (χ1v) is 4.98. The van der Waals surface area contributed by atoms with Crippen LogP contribution in [0.5, 0.6) is 0 Å². The van der Waals surface area contributed by atoms with Crippen LogP contribution in [-0.4, -0.2) is 13.4 Å². The Morgan fingerprint density at radius 3 is 2.85 bits per heavy atom. The minimum Gasteiger partial charge on any atom is -0.443 e. The maximum Gasteiger partial charge on any atom is 0.238 e. The molecule has 13 heavy (non-hydrogen) atoms. The first-order chi connectivity index (χ1) is 6.07. The Morgan fingerprint density at radius 2 is 2.15 bits per heavy atom. The smallest absolute Gasteiger partial charge is 0.238 e. The molecule has 0 unspecified atom stereocenters. The fourth-order valence-corrected chi connectivity index (χ4v) is 1.55. The van der Waals surface area contributed by atoms with Crippen LogP contribution in [0.15, 0.2) is 33.9 Å². The van der Waals surface area contributed by atoms with Crippen molar-refractivity contribution in [2.24, 2.45) is 5.14 Å². The lowest BCUT2D eigenvalue weighted by molar-refractivity contribution is 0.597. The van der Waals surface area contributed by atoms with E-state index in [0.29, 0.717) is 11.1 Å². The predicted octanol–water partition coefficient (Wildman–Crippen LogP) is 0.475. The molecule has 0 radical (unpaired) electrons. The van der Waals surface area contributed by atoms with Gasteiger partial charge < -0.3 is 4.42 Å². The van der Waals surface area contributed by atoms with Crippen molar-refractivity contribution < 1.29 is 12.8 Å². The van der Waals surface area contributed by atoms with Crippen molar-refractivity contribution >= 4 is 21.1 Å². The molecule has 1 aromatic carbocycles. The third-order valence-corrected chi connectivity index (χ3v) is 2.54. The molecule has 1 heterocycles. The van der Waals surface area contributed by atoms with Gasteiger partial charge in [0, 0.05) is 0 Å². The number of fused-ring (bicyclic) bond motifs is 1. The highest BCUT2D eigenvalue weighted by atomic mass is 32.2. The molecule has 2 rings (SSSR count). The molecule has 0 fully saturated rings. The van der Waals surface area contributed by atoms with Crippen molar-refractivity contribution in [3.8, 4) is 0 Å². The number of sulfonamides is 1. The standard InChI is InChI=1S/C7H6N2O3S/c8-13(10,11)5-1-2-7-6(3-5)9-4-12-7/h1-4H,(H2,8,10,11). The molecule has 6 heteroatoms. The number of nitrogens with zero attached hydrogens (tertiary/aromatic N) is 1. The minimum atomic E-state index is -3.65. The summed E-state index contributed by atoms with van der Waals surface area (Å²) in [5.74, 6) is 0. The number of nitrogens with two attached hydrogens (primary N) is 1. The van der Waals surface area contributed by atoms with E-state index in [1.54, 1.807) is 0 Å². The molecular weight excluding hydrogens is 192 g/mol. The van der Waals surface area contributed by atoms with Gasteiger partial charge in [-0.1, -0.05) is 0 Å². The molecular formula is C7H6N2O3S. The summed E-state index contributed by atoms with van der Waals surface area (Å²) < 4.78 is 26.8. The lowest BCUT2D eigenvalue weighted by Gasteiger charge is -1.95. The fraction of sp³-hybridized carbons (Fsp3) is 0. The topological polar surface area (TPSA) is 86.2 Å². The van der Waals surface area contributed by atoms with Gasteiger partial charge in [0.2, 0.25) is 10.0 Å². The van der Waals surface area contributed by atoms with Crippen LogP contribution in [0.1, 0.15) is 0 Å². The third-order valence-electron chi connectivity index (χ3n) is 1.63. The van der Waals surface area contributed by atoms with Crippen LogP contribution in [0.2, 0.25) is 0 Å². The lowest BCUT2D eigenvalue weighted by atomic mass is 10.3. The van der Waals surface area contributed by atoms with Crippen molar-refractivity contribution in [3.05, 3.63) is 24.6 Å². The van der Waals surface area contributed by atoms with Crippen LogP contribution in [0.25, 0.3) is 11.1 Å². The summed E-state index contributed by atoms with van der Waals surface area (Å²) in [4.78, 5) is 3.84. The van der Waals surface area contributed by atoms with Gasteiger partial charge in [-0.2, -0.15) is 0 Å². The summed E-state index contributed by atoms with van der Waals surface area (Å²) in [7, 11) is -3.65. The molecule has 0 aliphatic carbocycles. The Morgan fingerprint density at radius 1 is 1.38 bits per heavy atom. The summed E-state index contributed by atoms with van der Waals surface area (Å²) in [5.41, 5.74) is 1.01. The Hall–Kier alpha value is -1.40. The summed E-state index contributed by atoms with van der Waals surface area (Å²) >= 11 is 0. The van der Waals surface area contributed by atoms with E-state index in [2.05, 4.69) is 4.98 Å². The largest absolute Gasteiger partial charge is 0.443 e. The summed E-state index contributed by atoms with van der Waals surface area (Å²) in [5, 5.41) is 4.93. The molecule has 0 bridgehead atoms. The van der Waals surface area contributed by atoms with Gasteiger partial charge in [0.15, 0.2) is 12.0 Å². The van der Waals surface area contributed by atoms with Gasteiger partial charge in [0.05, 0.1) is 4.90 Å². The number of oxazole rings is 1. The predicted molar refractivity (Wildman–Crippen MR) is 45.4 cm³/mol. The monoisotopic (exact) mass is 198 g/mol. The van der Waals surface area contributed by atoms with Crippen molar-refractivity contribution in [1.82, 2.24) is 4.98 Å². The Balaban J connectivity index is 2.75. The maximum absolute atomic E-state index is 10.9. The van der Waals surface area contributed by atoms with E-state index >= 15 is 0 Å². The minimum absolute atomic E-state index is 0.0360. The Labute approximate surface area is 74.2 Å². The van der Waals surface area contributed by atoms with Crippen LogP contribution >= 0.6 is 0 Å². The lowest BCUT2D eigenvalue weighted by Crippen LogP contribution is -2.11. The first-order valence-electron chi connectivity index (χ1n) is 3.43. The number of hydrogen-bond donors (Lipinski definition) is 1. The highest BCUT2D eigenvalue weighted by Crippen LogP contribution is 2.16. The molecule has 0 atom stereocenters. The molecule has 5 nitrogen and oxygen atoms in total. The zero-order valence-corrected chi connectivity index (χ0v) is 7.28. The highest BCUT2D eigenvalue weighted by Gasteiger charge is 2.09. The Bertz CT molecular complexity index is 544. The number of rotatable bonds is 1. The van der Waals surface area contributed by atoms with E-state index in [0.717, 1.165) is 0 Å². The quantitative estimate of drug-likeness (QED) is 0.721. The number of hydrogen-bond acceptors (Lipinski definition) is 4. The van der Waals surface area contributed by atoms with Crippen LogP contribution in [0, 0.1) is 0 Å². The summed E-state index contributed by atoms with van der Waals surface area (Å²) in [6, 6.07) is 4.26. The molecule has 0 aliphatic rings. The second kappa shape index (κ2) is 2.54. The van der Waals surface area contributed by atoms with Crippen molar-refractivity contribution in [1.29, 1.82) is 0 Å². The summed E-state index contributed by atoms with van der Waals surface area (Å²) in [6.45, 7) is 0. The van der Waals surface area contributed by atoms with Gasteiger partial charge >= 0.3 is 0 Å². The van der Waals surface area contributed by atoms with E-state index in [1.807, 2.05) is 0 Å². The maximum atomic E-state index is 10.9. The first kappa shape index (κ1) is 8.21. The molecule has 68 valence electrons. The highest BCUT2D eigenvalue weighted by molar-refractivity contribution is 7.89. The van der Waals surface area contributed by atoms with Gasteiger partial charge in [-0.25, -0.2) is 18.5 Å². The fourth-order valence-electron chi connectivity index (χ4n) is 1.01. The van der Waals surface area contributed by atoms with Crippen molar-refractivity contribution in [3.63, 3.8) is 0 Å². The molecule has 0 saturated carbocycles. The van der Waals surface area contributed by atoms with Gasteiger partial charge in [0.1, 0.15) is 5.52 Å². The molecule has 0 aliphatic heterocycles.